The molecule has 0 atom stereocenters. The Kier molecular flexibility index (Phi) is 22.0. The van der Waals surface area contributed by atoms with Gasteiger partial charge in [-0.1, -0.05) is 0 Å². The van der Waals surface area contributed by atoms with Gasteiger partial charge in [-0.2, -0.15) is 0 Å². The monoisotopic (exact) mass is 674 g/mol. The fraction of sp³-hybridized carbons (Fsp3) is 0.385. The van der Waals surface area contributed by atoms with Crippen LogP contribution in [0, 0.1) is 0 Å². The smallest absolute Gasteiger partial charge is 0.338 e. The Hall–Kier alpha value is -2.27. The number of alkyl halides is 1. The molecule has 1 N–H and O–H groups in total. The van der Waals surface area contributed by atoms with Gasteiger partial charge >= 0.3 is 23.9 Å². The van der Waals surface area contributed by atoms with E-state index in [9.17, 15) is 19.2 Å². The van der Waals surface area contributed by atoms with Crippen molar-refractivity contribution in [1.82, 2.24) is 0 Å². The van der Waals surface area contributed by atoms with Crippen LogP contribution < -0.4 is 0 Å². The van der Waals surface area contributed by atoms with Crippen molar-refractivity contribution in [3.8, 4) is 0 Å². The lowest BCUT2D eigenvalue weighted by molar-refractivity contribution is 0.0506. The minimum absolute atomic E-state index is 0.208. The summed E-state index contributed by atoms with van der Waals surface area (Å²) in [4.78, 5) is 46.4. The molecule has 2 aromatic carbocycles. The van der Waals surface area contributed by atoms with Crippen molar-refractivity contribution in [3.05, 3.63) is 69.8 Å². The number of halogens is 3. The van der Waals surface area contributed by atoms with Crippen LogP contribution in [-0.4, -0.2) is 60.9 Å². The van der Waals surface area contributed by atoms with E-state index in [1.54, 1.807) is 39.8 Å². The third-order valence-corrected chi connectivity index (χ3v) is 4.68. The number of carbonyl (C=O) groups is 4. The summed E-state index contributed by atoms with van der Waals surface area (Å²) >= 11 is 5.73. The van der Waals surface area contributed by atoms with Crippen LogP contribution in [0.3, 0.4) is 0 Å². The van der Waals surface area contributed by atoms with Crippen LogP contribution >= 0.6 is 42.8 Å². The number of hydrogen-bond acceptors (Lipinski definition) is 10. The van der Waals surface area contributed by atoms with Gasteiger partial charge in [0.2, 0.25) is 9.23 Å². The average molecular weight is 676 g/mol. The molecule has 0 aromatic heterocycles. The second-order valence-corrected chi connectivity index (χ2v) is 9.99. The minimum atomic E-state index is -1.67. The Balaban J connectivity index is 0. The Morgan fingerprint density at radius 2 is 0.927 bits per heavy atom. The molecular formula is C26H33Cl3O10PS-. The fourth-order valence-corrected chi connectivity index (χ4v) is 3.04. The van der Waals surface area contributed by atoms with E-state index in [4.69, 9.17) is 41.1 Å². The van der Waals surface area contributed by atoms with Crippen molar-refractivity contribution in [1.29, 1.82) is 1.28 Å². The Morgan fingerprint density at radius 3 is 1.12 bits per heavy atom. The molecule has 0 bridgehead atoms. The lowest BCUT2D eigenvalue weighted by Crippen LogP contribution is -2.10. The minimum Gasteiger partial charge on any atom is -0.577 e. The number of benzene rings is 2. The summed E-state index contributed by atoms with van der Waals surface area (Å²) in [6, 6.07) is 9.03. The van der Waals surface area contributed by atoms with Gasteiger partial charge in [-0.25, -0.2) is 24.7 Å². The maximum Gasteiger partial charge on any atom is 0.338 e. The molecule has 0 aliphatic heterocycles. The van der Waals surface area contributed by atoms with Crippen molar-refractivity contribution in [2.24, 2.45) is 0 Å². The van der Waals surface area contributed by atoms with Crippen molar-refractivity contribution in [2.75, 3.05) is 26.4 Å². The van der Waals surface area contributed by atoms with E-state index in [0.717, 1.165) is 0 Å². The van der Waals surface area contributed by atoms with Crippen molar-refractivity contribution in [3.63, 3.8) is 0 Å². The number of ether oxygens (including phenoxy) is 4. The zero-order chi connectivity index (χ0) is 32.7. The topological polar surface area (TPSA) is 143 Å². The van der Waals surface area contributed by atoms with Gasteiger partial charge < -0.3 is 33.9 Å². The SMILES string of the molecule is CCOC(=O)c1cc(CCl)cc(C(=O)OCC)c1.CCOC(=O)c1cc(CO)cc(C(=O)OCC)c1.O=S(Cl)Cl.[2H][PH-]. The molecule has 0 radical (unpaired) electrons. The van der Waals surface area contributed by atoms with Crippen LogP contribution in [0.4, 0.5) is 0 Å². The Bertz CT molecular complexity index is 1010. The summed E-state index contributed by atoms with van der Waals surface area (Å²) in [7, 11) is 9.58. The van der Waals surface area contributed by atoms with E-state index in [1.165, 1.54) is 24.3 Å². The predicted molar refractivity (Wildman–Crippen MR) is 162 cm³/mol. The quantitative estimate of drug-likeness (QED) is 0.110. The van der Waals surface area contributed by atoms with E-state index in [2.05, 4.69) is 31.2 Å². The highest BCUT2D eigenvalue weighted by Crippen LogP contribution is 2.15. The zero-order valence-corrected chi connectivity index (χ0v) is 27.0. The first-order valence-corrected chi connectivity index (χ1v) is 15.2. The maximum atomic E-state index is 11.6. The molecule has 230 valence electrons. The first-order valence-electron chi connectivity index (χ1n) is 12.3. The molecule has 2 rings (SSSR count). The number of rotatable bonds is 10. The van der Waals surface area contributed by atoms with Gasteiger partial charge in [0.25, 0.3) is 0 Å². The molecule has 0 fully saturated rings. The van der Waals surface area contributed by atoms with Gasteiger partial charge in [0.15, 0.2) is 0 Å². The maximum absolute atomic E-state index is 11.6. The highest BCUT2D eigenvalue weighted by molar-refractivity contribution is 8.26. The lowest BCUT2D eigenvalue weighted by Gasteiger charge is -2.07. The Morgan fingerprint density at radius 1 is 0.683 bits per heavy atom. The molecule has 15 heteroatoms. The summed E-state index contributed by atoms with van der Waals surface area (Å²) in [6.45, 7) is 7.61. The first-order chi connectivity index (χ1) is 20.0. The lowest BCUT2D eigenvalue weighted by atomic mass is 10.1. The molecule has 0 aliphatic carbocycles. The normalized spacial score (nSPS) is 9.76. The van der Waals surface area contributed by atoms with Crippen LogP contribution in [0.1, 0.15) is 80.3 Å². The van der Waals surface area contributed by atoms with Gasteiger partial charge in [-0.05, 0) is 75.2 Å². The molecule has 0 amide bonds. The molecule has 0 spiro atoms. The number of hydrogen-bond donors (Lipinski definition) is 1. The highest BCUT2D eigenvalue weighted by Gasteiger charge is 2.15. The molecule has 0 saturated carbocycles. The molecule has 0 aliphatic rings. The molecule has 10 nitrogen and oxygen atoms in total. The molecule has 0 unspecified atom stereocenters. The van der Waals surface area contributed by atoms with Gasteiger partial charge in [-0.3, -0.25) is 0 Å². The van der Waals surface area contributed by atoms with Crippen molar-refractivity contribution < 1.29 is 47.4 Å². The van der Waals surface area contributed by atoms with Crippen molar-refractivity contribution in [2.45, 2.75) is 40.2 Å². The predicted octanol–water partition coefficient (Wildman–Crippen LogP) is 5.68. The molecule has 0 saturated heterocycles. The molecule has 2 aromatic rings. The largest absolute Gasteiger partial charge is 0.577 e. The summed E-state index contributed by atoms with van der Waals surface area (Å²) in [5.41, 5.74) is 2.20. The van der Waals surface area contributed by atoms with Crippen LogP contribution in [0.15, 0.2) is 36.4 Å². The number of aliphatic hydroxyl groups is 1. The number of esters is 4. The van der Waals surface area contributed by atoms with Crippen LogP contribution in [0.2, 0.25) is 0 Å². The van der Waals surface area contributed by atoms with Gasteiger partial charge in [-0.15, -0.1) is 11.6 Å². The summed E-state index contributed by atoms with van der Waals surface area (Å²) in [5.74, 6) is -1.80. The first kappa shape index (κ1) is 38.7. The van der Waals surface area contributed by atoms with Crippen LogP contribution in [0.25, 0.3) is 0 Å². The molecule has 41 heavy (non-hydrogen) atoms. The van der Waals surface area contributed by atoms with E-state index in [0.29, 0.717) is 22.3 Å². The van der Waals surface area contributed by atoms with Crippen molar-refractivity contribution >= 4 is 75.9 Å². The summed E-state index contributed by atoms with van der Waals surface area (Å²) < 4.78 is 34.1. The standard InChI is InChI=1S/C13H15ClO4.C13H16O5.Cl2OS.H2P/c2*1-3-17-12(15)10-5-9(8-14)6-11(7-10)13(16)18-4-2;1-4(2)3;/h5-7H,3-4,8H2,1-2H3;5-7,14H,3-4,8H2,1-2H3;;1H2/q;;;-1/i;;;1D. The Labute approximate surface area is 260 Å². The second kappa shape index (κ2) is 23.3. The van der Waals surface area contributed by atoms with Gasteiger partial charge in [0.05, 0.1) is 55.3 Å². The number of aliphatic hydroxyl groups excluding tert-OH is 1. The third kappa shape index (κ3) is 16.7. The van der Waals surface area contributed by atoms with Crippen LogP contribution in [-0.2, 0) is 40.7 Å². The number of carbonyl (C=O) groups excluding carboxylic acids is 4. The van der Waals surface area contributed by atoms with E-state index in [-0.39, 0.29) is 50.0 Å². The second-order valence-electron chi connectivity index (χ2n) is 7.20. The highest BCUT2D eigenvalue weighted by atomic mass is 36.0. The molecular weight excluding hydrogens is 642 g/mol. The van der Waals surface area contributed by atoms with E-state index >= 15 is 0 Å². The van der Waals surface area contributed by atoms with E-state index < -0.39 is 33.1 Å². The third-order valence-electron chi connectivity index (χ3n) is 4.37. The molecule has 0 heterocycles. The van der Waals surface area contributed by atoms with Gasteiger partial charge in [0, 0.05) is 27.2 Å². The van der Waals surface area contributed by atoms with Crippen LogP contribution in [0.5, 0.6) is 0 Å². The van der Waals surface area contributed by atoms with Gasteiger partial charge in [0.1, 0.15) is 0 Å². The zero-order valence-electron chi connectivity index (χ0n) is 23.9. The summed E-state index contributed by atoms with van der Waals surface area (Å²) in [5, 5.41) is 9.11. The average Bonchev–Trinajstić information content (AvgIpc) is 2.98. The fourth-order valence-electron chi connectivity index (χ4n) is 2.88. The van der Waals surface area contributed by atoms with E-state index in [1.807, 2.05) is 0 Å². The summed E-state index contributed by atoms with van der Waals surface area (Å²) in [6.07, 6.45) is 0.